The van der Waals surface area contributed by atoms with E-state index in [2.05, 4.69) is 27.0 Å². The summed E-state index contributed by atoms with van der Waals surface area (Å²) >= 11 is 0. The molecular weight excluding hydrogens is 266 g/mol. The molecule has 1 aliphatic rings. The highest BCUT2D eigenvalue weighted by Crippen LogP contribution is 2.29. The van der Waals surface area contributed by atoms with E-state index in [4.69, 9.17) is 5.73 Å². The maximum atomic E-state index is 9.96. The largest absolute Gasteiger partial charge is 0.507 e. The number of nitrogens with zero attached hydrogens (tertiary/aromatic N) is 3. The van der Waals surface area contributed by atoms with E-state index in [0.29, 0.717) is 23.3 Å². The number of aromatic hydroxyl groups is 1. The zero-order chi connectivity index (χ0) is 15.0. The van der Waals surface area contributed by atoms with Crippen LogP contribution in [0.5, 0.6) is 5.75 Å². The number of nitrogens with two attached hydrogens (primary N) is 1. The van der Waals surface area contributed by atoms with E-state index in [-0.39, 0.29) is 11.8 Å². The van der Waals surface area contributed by atoms with E-state index in [9.17, 15) is 5.11 Å². The summed E-state index contributed by atoms with van der Waals surface area (Å²) in [4.78, 5) is 6.60. The maximum Gasteiger partial charge on any atom is 0.245 e. The third kappa shape index (κ3) is 2.71. The number of aromatic amines is 1. The molecule has 1 saturated heterocycles. The average molecular weight is 287 g/mol. The second kappa shape index (κ2) is 5.37. The van der Waals surface area contributed by atoms with Gasteiger partial charge in [0.2, 0.25) is 5.95 Å². The van der Waals surface area contributed by atoms with Gasteiger partial charge in [0.1, 0.15) is 5.75 Å². The van der Waals surface area contributed by atoms with E-state index in [1.54, 1.807) is 6.07 Å². The number of H-pyrrole nitrogens is 1. The minimum atomic E-state index is 0.146. The quantitative estimate of drug-likeness (QED) is 0.781. The van der Waals surface area contributed by atoms with E-state index in [1.165, 1.54) is 0 Å². The van der Waals surface area contributed by atoms with Gasteiger partial charge in [-0.1, -0.05) is 18.6 Å². The summed E-state index contributed by atoms with van der Waals surface area (Å²) in [6.45, 7) is 5.83. The van der Waals surface area contributed by atoms with Crippen molar-refractivity contribution in [3.8, 4) is 17.1 Å². The zero-order valence-corrected chi connectivity index (χ0v) is 12.4. The van der Waals surface area contributed by atoms with E-state index >= 15 is 0 Å². The van der Waals surface area contributed by atoms with Gasteiger partial charge in [-0.2, -0.15) is 4.98 Å². The SMILES string of the molecule is Cc1ccc(O)c(-c2nc(N3CCC(C)C(N)C3)n[nH]2)c1. The number of piperidine rings is 1. The zero-order valence-electron chi connectivity index (χ0n) is 12.4. The lowest BCUT2D eigenvalue weighted by Gasteiger charge is -2.34. The van der Waals surface area contributed by atoms with Crippen molar-refractivity contribution >= 4 is 5.95 Å². The van der Waals surface area contributed by atoms with Gasteiger partial charge < -0.3 is 15.7 Å². The fourth-order valence-electron chi connectivity index (χ4n) is 2.64. The molecule has 2 heterocycles. The number of nitrogens with one attached hydrogen (secondary N) is 1. The topological polar surface area (TPSA) is 91.1 Å². The number of phenols is 1. The standard InChI is InChI=1S/C15H21N5O/c1-9-3-4-13(21)11(7-9)14-17-15(19-18-14)20-6-5-10(2)12(16)8-20/h3-4,7,10,12,21H,5-6,8,16H2,1-2H3,(H,17,18,19). The first-order valence-corrected chi connectivity index (χ1v) is 7.27. The van der Waals surface area contributed by atoms with Crippen molar-refractivity contribution in [1.82, 2.24) is 15.2 Å². The lowest BCUT2D eigenvalue weighted by Crippen LogP contribution is -2.48. The molecule has 2 unspecified atom stereocenters. The van der Waals surface area contributed by atoms with E-state index in [1.807, 2.05) is 19.1 Å². The molecule has 0 saturated carbocycles. The van der Waals surface area contributed by atoms with Crippen molar-refractivity contribution in [2.24, 2.45) is 11.7 Å². The number of rotatable bonds is 2. The van der Waals surface area contributed by atoms with Gasteiger partial charge in [-0.15, -0.1) is 5.10 Å². The highest BCUT2D eigenvalue weighted by atomic mass is 16.3. The number of benzene rings is 1. The molecule has 1 fully saturated rings. The first-order valence-electron chi connectivity index (χ1n) is 7.27. The number of anilines is 1. The van der Waals surface area contributed by atoms with Gasteiger partial charge in [0.25, 0.3) is 0 Å². The third-order valence-corrected chi connectivity index (χ3v) is 4.18. The third-order valence-electron chi connectivity index (χ3n) is 4.18. The normalized spacial score (nSPS) is 22.5. The smallest absolute Gasteiger partial charge is 0.245 e. The van der Waals surface area contributed by atoms with Gasteiger partial charge in [0.05, 0.1) is 5.56 Å². The minimum absolute atomic E-state index is 0.146. The minimum Gasteiger partial charge on any atom is -0.507 e. The fraction of sp³-hybridized carbons (Fsp3) is 0.467. The molecule has 1 aliphatic heterocycles. The Bertz CT molecular complexity index is 639. The predicted molar refractivity (Wildman–Crippen MR) is 82.2 cm³/mol. The van der Waals surface area contributed by atoms with Crippen LogP contribution in [-0.2, 0) is 0 Å². The second-order valence-corrected chi connectivity index (χ2v) is 5.88. The lowest BCUT2D eigenvalue weighted by molar-refractivity contribution is 0.376. The molecule has 2 atom stereocenters. The van der Waals surface area contributed by atoms with Crippen molar-refractivity contribution in [2.45, 2.75) is 26.3 Å². The van der Waals surface area contributed by atoms with Crippen LogP contribution in [0, 0.1) is 12.8 Å². The average Bonchev–Trinajstić information content (AvgIpc) is 2.94. The molecule has 3 rings (SSSR count). The van der Waals surface area contributed by atoms with Gasteiger partial charge in [-0.3, -0.25) is 5.10 Å². The Labute approximate surface area is 124 Å². The highest BCUT2D eigenvalue weighted by Gasteiger charge is 2.25. The van der Waals surface area contributed by atoms with Crippen LogP contribution in [0.1, 0.15) is 18.9 Å². The summed E-state index contributed by atoms with van der Waals surface area (Å²) in [5.74, 6) is 1.96. The maximum absolute atomic E-state index is 9.96. The molecule has 1 aromatic carbocycles. The first-order chi connectivity index (χ1) is 10.0. The molecule has 0 spiro atoms. The number of phenolic OH excluding ortho intramolecular Hbond substituents is 1. The van der Waals surface area contributed by atoms with Crippen molar-refractivity contribution in [3.05, 3.63) is 23.8 Å². The van der Waals surface area contributed by atoms with Gasteiger partial charge in [-0.05, 0) is 31.4 Å². The Morgan fingerprint density at radius 2 is 2.24 bits per heavy atom. The molecule has 4 N–H and O–H groups in total. The van der Waals surface area contributed by atoms with Crippen LogP contribution < -0.4 is 10.6 Å². The van der Waals surface area contributed by atoms with E-state index in [0.717, 1.165) is 25.1 Å². The summed E-state index contributed by atoms with van der Waals surface area (Å²) < 4.78 is 0. The van der Waals surface area contributed by atoms with Crippen LogP contribution in [0.15, 0.2) is 18.2 Å². The number of aromatic nitrogens is 3. The number of hydrogen-bond donors (Lipinski definition) is 3. The van der Waals surface area contributed by atoms with Crippen molar-refractivity contribution in [3.63, 3.8) is 0 Å². The molecule has 2 aromatic rings. The second-order valence-electron chi connectivity index (χ2n) is 5.88. The summed E-state index contributed by atoms with van der Waals surface area (Å²) in [5, 5.41) is 17.1. The van der Waals surface area contributed by atoms with Crippen LogP contribution in [0.4, 0.5) is 5.95 Å². The molecule has 112 valence electrons. The van der Waals surface area contributed by atoms with Crippen molar-refractivity contribution in [2.75, 3.05) is 18.0 Å². The lowest BCUT2D eigenvalue weighted by atomic mass is 9.95. The fourth-order valence-corrected chi connectivity index (χ4v) is 2.64. The molecule has 0 radical (unpaired) electrons. The van der Waals surface area contributed by atoms with Crippen LogP contribution in [0.3, 0.4) is 0 Å². The highest BCUT2D eigenvalue weighted by molar-refractivity contribution is 5.65. The Kier molecular flexibility index (Phi) is 3.55. The predicted octanol–water partition coefficient (Wildman–Crippen LogP) is 1.66. The van der Waals surface area contributed by atoms with Gasteiger partial charge in [-0.25, -0.2) is 0 Å². The molecule has 0 aliphatic carbocycles. The molecule has 0 amide bonds. The molecule has 6 nitrogen and oxygen atoms in total. The van der Waals surface area contributed by atoms with Crippen LogP contribution in [0.2, 0.25) is 0 Å². The molecule has 6 heteroatoms. The summed E-state index contributed by atoms with van der Waals surface area (Å²) in [6.07, 6.45) is 1.04. The van der Waals surface area contributed by atoms with E-state index < -0.39 is 0 Å². The Balaban J connectivity index is 1.85. The Morgan fingerprint density at radius 3 is 3.00 bits per heavy atom. The molecule has 0 bridgehead atoms. The Hall–Kier alpha value is -2.08. The summed E-state index contributed by atoms with van der Waals surface area (Å²) in [5.41, 5.74) is 7.85. The Morgan fingerprint density at radius 1 is 1.43 bits per heavy atom. The van der Waals surface area contributed by atoms with Gasteiger partial charge in [0.15, 0.2) is 5.82 Å². The van der Waals surface area contributed by atoms with Gasteiger partial charge in [0, 0.05) is 19.1 Å². The van der Waals surface area contributed by atoms with Gasteiger partial charge >= 0.3 is 0 Å². The molecule has 1 aromatic heterocycles. The number of aryl methyl sites for hydroxylation is 1. The summed E-state index contributed by atoms with van der Waals surface area (Å²) in [7, 11) is 0. The van der Waals surface area contributed by atoms with Crippen LogP contribution in [-0.4, -0.2) is 39.4 Å². The molecular formula is C15H21N5O. The van der Waals surface area contributed by atoms with Crippen LogP contribution >= 0.6 is 0 Å². The van der Waals surface area contributed by atoms with Crippen molar-refractivity contribution < 1.29 is 5.11 Å². The summed E-state index contributed by atoms with van der Waals surface area (Å²) in [6, 6.07) is 5.57. The first kappa shape index (κ1) is 13.9. The number of hydrogen-bond acceptors (Lipinski definition) is 5. The van der Waals surface area contributed by atoms with Crippen LogP contribution in [0.25, 0.3) is 11.4 Å². The molecule has 21 heavy (non-hydrogen) atoms. The van der Waals surface area contributed by atoms with Crippen molar-refractivity contribution in [1.29, 1.82) is 0 Å². The monoisotopic (exact) mass is 287 g/mol.